The van der Waals surface area contributed by atoms with Crippen LogP contribution in [0.15, 0.2) is 18.2 Å². The average molecular weight is 247 g/mol. The van der Waals surface area contributed by atoms with Crippen LogP contribution in [-0.4, -0.2) is 20.8 Å². The number of rotatable bonds is 5. The normalized spacial score (nSPS) is 11.4. The smallest absolute Gasteiger partial charge is 0.209 e. The molecule has 0 fully saturated rings. The van der Waals surface area contributed by atoms with Crippen LogP contribution in [0.3, 0.4) is 0 Å². The van der Waals surface area contributed by atoms with Gasteiger partial charge in [0.1, 0.15) is 11.6 Å². The van der Waals surface area contributed by atoms with Crippen molar-refractivity contribution in [2.75, 3.05) is 12.4 Å². The number of ether oxygens (including phenoxy) is 1. The predicted octanol–water partition coefficient (Wildman–Crippen LogP) is 1.19. The first kappa shape index (κ1) is 12.9. The summed E-state index contributed by atoms with van der Waals surface area (Å²) in [5.74, 6) is 0.109. The van der Waals surface area contributed by atoms with E-state index in [1.807, 2.05) is 0 Å². The molecule has 0 amide bonds. The number of aryl methyl sites for hydroxylation is 1. The topological polar surface area (TPSA) is 69.4 Å². The lowest BCUT2D eigenvalue weighted by Gasteiger charge is -2.08. The Morgan fingerprint density at radius 3 is 2.69 bits per heavy atom. The van der Waals surface area contributed by atoms with E-state index in [0.29, 0.717) is 17.7 Å². The zero-order valence-corrected chi connectivity index (χ0v) is 9.76. The van der Waals surface area contributed by atoms with E-state index in [1.165, 1.54) is 18.2 Å². The van der Waals surface area contributed by atoms with Crippen LogP contribution in [0.2, 0.25) is 0 Å². The molecular weight excluding hydrogens is 233 g/mol. The maximum atomic E-state index is 12.7. The zero-order chi connectivity index (χ0) is 12.2. The summed E-state index contributed by atoms with van der Waals surface area (Å²) >= 11 is 0. The van der Waals surface area contributed by atoms with Crippen molar-refractivity contribution < 1.29 is 17.5 Å². The fourth-order valence-electron chi connectivity index (χ4n) is 1.22. The van der Waals surface area contributed by atoms with Crippen LogP contribution in [0.4, 0.5) is 4.39 Å². The molecule has 0 saturated heterocycles. The quantitative estimate of drug-likeness (QED) is 0.795. The van der Waals surface area contributed by atoms with Crippen molar-refractivity contribution in [3.8, 4) is 5.75 Å². The van der Waals surface area contributed by atoms with Crippen molar-refractivity contribution in [2.45, 2.75) is 13.3 Å². The molecule has 0 saturated carbocycles. The Morgan fingerprint density at radius 1 is 1.44 bits per heavy atom. The van der Waals surface area contributed by atoms with Gasteiger partial charge in [-0.1, -0.05) is 0 Å². The first-order valence-corrected chi connectivity index (χ1v) is 6.49. The van der Waals surface area contributed by atoms with Crippen molar-refractivity contribution >= 4 is 10.0 Å². The number of nitrogens with two attached hydrogens (primary N) is 1. The molecule has 0 aliphatic carbocycles. The van der Waals surface area contributed by atoms with E-state index in [0.717, 1.165) is 0 Å². The fourth-order valence-corrected chi connectivity index (χ4v) is 1.74. The van der Waals surface area contributed by atoms with Gasteiger partial charge in [0.15, 0.2) is 0 Å². The van der Waals surface area contributed by atoms with Crippen molar-refractivity contribution in [3.63, 3.8) is 0 Å². The molecule has 90 valence electrons. The van der Waals surface area contributed by atoms with E-state index in [2.05, 4.69) is 0 Å². The Morgan fingerprint density at radius 2 is 2.12 bits per heavy atom. The van der Waals surface area contributed by atoms with Gasteiger partial charge in [0.2, 0.25) is 10.0 Å². The lowest BCUT2D eigenvalue weighted by Crippen LogP contribution is -2.18. The highest BCUT2D eigenvalue weighted by atomic mass is 32.2. The minimum atomic E-state index is -3.44. The van der Waals surface area contributed by atoms with E-state index < -0.39 is 10.0 Å². The maximum absolute atomic E-state index is 12.7. The van der Waals surface area contributed by atoms with Gasteiger partial charge in [-0.05, 0) is 37.1 Å². The number of halogens is 1. The Hall–Kier alpha value is -1.14. The fraction of sp³-hybridized carbons (Fsp3) is 0.400. The highest BCUT2D eigenvalue weighted by Gasteiger charge is 2.04. The molecule has 0 unspecified atom stereocenters. The number of primary sulfonamides is 1. The molecule has 0 aliphatic rings. The van der Waals surface area contributed by atoms with Gasteiger partial charge in [0, 0.05) is 0 Å². The molecule has 1 rings (SSSR count). The van der Waals surface area contributed by atoms with Crippen molar-refractivity contribution in [1.29, 1.82) is 0 Å². The molecule has 0 aromatic heterocycles. The second-order valence-electron chi connectivity index (χ2n) is 3.48. The summed E-state index contributed by atoms with van der Waals surface area (Å²) in [6, 6.07) is 4.17. The number of hydrogen-bond donors (Lipinski definition) is 1. The highest BCUT2D eigenvalue weighted by Crippen LogP contribution is 2.18. The van der Waals surface area contributed by atoms with E-state index >= 15 is 0 Å². The van der Waals surface area contributed by atoms with Crippen LogP contribution in [0.25, 0.3) is 0 Å². The summed E-state index contributed by atoms with van der Waals surface area (Å²) < 4.78 is 39.3. The maximum Gasteiger partial charge on any atom is 0.209 e. The SMILES string of the molecule is Cc1cc(F)ccc1OCCCS(N)(=O)=O. The third-order valence-corrected chi connectivity index (χ3v) is 2.83. The predicted molar refractivity (Wildman–Crippen MR) is 59.2 cm³/mol. The minimum Gasteiger partial charge on any atom is -0.493 e. The summed E-state index contributed by atoms with van der Waals surface area (Å²) in [7, 11) is -3.44. The lowest BCUT2D eigenvalue weighted by molar-refractivity contribution is 0.315. The van der Waals surface area contributed by atoms with Crippen molar-refractivity contribution in [3.05, 3.63) is 29.6 Å². The molecule has 4 nitrogen and oxygen atoms in total. The molecule has 0 aliphatic heterocycles. The highest BCUT2D eigenvalue weighted by molar-refractivity contribution is 7.89. The first-order chi connectivity index (χ1) is 7.38. The molecule has 1 aromatic carbocycles. The summed E-state index contributed by atoms with van der Waals surface area (Å²) in [6.07, 6.45) is 0.315. The van der Waals surface area contributed by atoms with E-state index in [-0.39, 0.29) is 18.2 Å². The second kappa shape index (κ2) is 5.27. The molecule has 16 heavy (non-hydrogen) atoms. The third-order valence-electron chi connectivity index (χ3n) is 1.97. The molecule has 1 aromatic rings. The van der Waals surface area contributed by atoms with Crippen molar-refractivity contribution in [2.24, 2.45) is 5.14 Å². The molecule has 0 heterocycles. The van der Waals surface area contributed by atoms with Gasteiger partial charge in [-0.3, -0.25) is 0 Å². The lowest BCUT2D eigenvalue weighted by atomic mass is 10.2. The van der Waals surface area contributed by atoms with Gasteiger partial charge >= 0.3 is 0 Å². The van der Waals surface area contributed by atoms with Gasteiger partial charge in [0.05, 0.1) is 12.4 Å². The summed E-state index contributed by atoms with van der Waals surface area (Å²) in [5.41, 5.74) is 0.676. The molecule has 0 bridgehead atoms. The van der Waals surface area contributed by atoms with Gasteiger partial charge in [-0.2, -0.15) is 0 Å². The standard InChI is InChI=1S/C10H14FNO3S/c1-8-7-9(11)3-4-10(8)15-5-2-6-16(12,13)14/h3-4,7H,2,5-6H2,1H3,(H2,12,13,14). The van der Waals surface area contributed by atoms with Gasteiger partial charge in [-0.25, -0.2) is 17.9 Å². The third kappa shape index (κ3) is 4.59. The van der Waals surface area contributed by atoms with Gasteiger partial charge < -0.3 is 4.74 Å². The largest absolute Gasteiger partial charge is 0.493 e. The van der Waals surface area contributed by atoms with Crippen LogP contribution >= 0.6 is 0 Å². The Kier molecular flexibility index (Phi) is 4.26. The van der Waals surface area contributed by atoms with Crippen LogP contribution < -0.4 is 9.88 Å². The van der Waals surface area contributed by atoms with Gasteiger partial charge in [0.25, 0.3) is 0 Å². The molecule has 0 spiro atoms. The number of benzene rings is 1. The molecule has 0 radical (unpaired) electrons. The zero-order valence-electron chi connectivity index (χ0n) is 8.94. The second-order valence-corrected chi connectivity index (χ2v) is 5.21. The van der Waals surface area contributed by atoms with Crippen LogP contribution in [0.5, 0.6) is 5.75 Å². The number of hydrogen-bond acceptors (Lipinski definition) is 3. The van der Waals surface area contributed by atoms with E-state index in [1.54, 1.807) is 6.92 Å². The molecule has 2 N–H and O–H groups in total. The Balaban J connectivity index is 2.43. The molecule has 6 heteroatoms. The first-order valence-electron chi connectivity index (χ1n) is 4.78. The Bertz CT molecular complexity index is 459. The van der Waals surface area contributed by atoms with Crippen LogP contribution in [0, 0.1) is 12.7 Å². The van der Waals surface area contributed by atoms with Crippen molar-refractivity contribution in [1.82, 2.24) is 0 Å². The van der Waals surface area contributed by atoms with Crippen LogP contribution in [0.1, 0.15) is 12.0 Å². The summed E-state index contributed by atoms with van der Waals surface area (Å²) in [5, 5.41) is 4.83. The average Bonchev–Trinajstić information content (AvgIpc) is 2.13. The summed E-state index contributed by atoms with van der Waals surface area (Å²) in [4.78, 5) is 0. The molecular formula is C10H14FNO3S. The minimum absolute atomic E-state index is 0.118. The Labute approximate surface area is 94.3 Å². The monoisotopic (exact) mass is 247 g/mol. The van der Waals surface area contributed by atoms with Crippen LogP contribution in [-0.2, 0) is 10.0 Å². The number of sulfonamides is 1. The summed E-state index contributed by atoms with van der Waals surface area (Å²) in [6.45, 7) is 1.96. The van der Waals surface area contributed by atoms with E-state index in [4.69, 9.17) is 9.88 Å². The van der Waals surface area contributed by atoms with E-state index in [9.17, 15) is 12.8 Å². The molecule has 0 atom stereocenters. The van der Waals surface area contributed by atoms with Gasteiger partial charge in [-0.15, -0.1) is 0 Å².